The summed E-state index contributed by atoms with van der Waals surface area (Å²) in [4.78, 5) is 18.9. The number of pyridine rings is 1. The number of fused-ring (bicyclic) bond motifs is 1. The van der Waals surface area contributed by atoms with E-state index < -0.39 is 7.82 Å². The zero-order valence-electron chi connectivity index (χ0n) is 9.02. The first-order valence-corrected chi connectivity index (χ1v) is 6.61. The maximum absolute atomic E-state index is 10.4. The molecule has 0 saturated heterocycles. The van der Waals surface area contributed by atoms with Gasteiger partial charge < -0.3 is 14.3 Å². The van der Waals surface area contributed by atoms with Crippen LogP contribution in [0.2, 0.25) is 0 Å². The third kappa shape index (κ3) is 3.35. The molecule has 0 aliphatic heterocycles. The number of phosphoric acid groups is 1. The van der Waals surface area contributed by atoms with Crippen LogP contribution in [0.15, 0.2) is 42.6 Å². The Balaban J connectivity index is 2.16. The molecule has 2 rings (SSSR count). The number of hydrogen-bond donors (Lipinski definition) is 1. The molecule has 0 saturated carbocycles. The normalized spacial score (nSPS) is 14.7. The van der Waals surface area contributed by atoms with Gasteiger partial charge in [0, 0.05) is 17.5 Å². The molecule has 0 fully saturated rings. The molecule has 5 nitrogen and oxygen atoms in total. The van der Waals surface area contributed by atoms with E-state index in [0.29, 0.717) is 6.54 Å². The van der Waals surface area contributed by atoms with Crippen LogP contribution in [0.5, 0.6) is 0 Å². The van der Waals surface area contributed by atoms with Crippen molar-refractivity contribution in [3.05, 3.63) is 42.6 Å². The fourth-order valence-electron chi connectivity index (χ4n) is 1.67. The molecule has 0 spiro atoms. The average Bonchev–Trinajstić information content (AvgIpc) is 2.28. The largest absolute Gasteiger partial charge is 0.756 e. The lowest BCUT2D eigenvalue weighted by Gasteiger charge is -2.13. The quantitative estimate of drug-likeness (QED) is 0.639. The SMILES string of the molecule is O=P([O-])(O)OCC[n+]1cccc2ccccc21. The third-order valence-electron chi connectivity index (χ3n) is 2.37. The van der Waals surface area contributed by atoms with Crippen LogP contribution in [-0.4, -0.2) is 11.5 Å². The highest BCUT2D eigenvalue weighted by molar-refractivity contribution is 7.44. The van der Waals surface area contributed by atoms with Gasteiger partial charge in [-0.1, -0.05) is 12.1 Å². The van der Waals surface area contributed by atoms with Crippen molar-refractivity contribution in [2.75, 3.05) is 6.61 Å². The highest BCUT2D eigenvalue weighted by Gasteiger charge is 2.09. The van der Waals surface area contributed by atoms with Crippen molar-refractivity contribution in [2.24, 2.45) is 0 Å². The standard InChI is InChI=1S/C11H12NO4P/c13-17(14,15)16-9-8-12-7-3-5-10-4-1-2-6-11(10)12/h1-7H,8-9H2,(H-,13,14,15). The Kier molecular flexibility index (Phi) is 3.54. The molecule has 2 aromatic rings. The van der Waals surface area contributed by atoms with Gasteiger partial charge in [-0.2, -0.15) is 4.57 Å². The van der Waals surface area contributed by atoms with Gasteiger partial charge in [0.2, 0.25) is 5.52 Å². The Morgan fingerprint density at radius 1 is 1.29 bits per heavy atom. The topological polar surface area (TPSA) is 73.5 Å². The van der Waals surface area contributed by atoms with Crippen LogP contribution in [0, 0.1) is 0 Å². The predicted molar refractivity (Wildman–Crippen MR) is 59.9 cm³/mol. The van der Waals surface area contributed by atoms with Crippen LogP contribution in [0.25, 0.3) is 10.9 Å². The highest BCUT2D eigenvalue weighted by Crippen LogP contribution is 2.29. The molecule has 0 aliphatic carbocycles. The monoisotopic (exact) mass is 253 g/mol. The van der Waals surface area contributed by atoms with E-state index in [4.69, 9.17) is 4.89 Å². The fourth-order valence-corrected chi connectivity index (χ4v) is 1.98. The molecule has 6 heteroatoms. The minimum Gasteiger partial charge on any atom is -0.756 e. The van der Waals surface area contributed by atoms with Crippen molar-refractivity contribution >= 4 is 18.7 Å². The van der Waals surface area contributed by atoms with E-state index in [0.717, 1.165) is 10.9 Å². The van der Waals surface area contributed by atoms with E-state index in [-0.39, 0.29) is 6.61 Å². The number of hydrogen-bond acceptors (Lipinski definition) is 3. The van der Waals surface area contributed by atoms with Crippen LogP contribution >= 0.6 is 7.82 Å². The van der Waals surface area contributed by atoms with Crippen molar-refractivity contribution in [1.29, 1.82) is 0 Å². The van der Waals surface area contributed by atoms with E-state index in [1.54, 1.807) is 0 Å². The van der Waals surface area contributed by atoms with Gasteiger partial charge in [0.15, 0.2) is 12.7 Å². The Labute approximate surface area is 98.5 Å². The Bertz CT molecular complexity index is 561. The number of benzene rings is 1. The summed E-state index contributed by atoms with van der Waals surface area (Å²) in [5.74, 6) is 0. The van der Waals surface area contributed by atoms with Crippen molar-refractivity contribution in [1.82, 2.24) is 0 Å². The van der Waals surface area contributed by atoms with Gasteiger partial charge in [0.1, 0.15) is 6.61 Å². The minimum absolute atomic E-state index is 0.0873. The first-order chi connectivity index (χ1) is 8.06. The summed E-state index contributed by atoms with van der Waals surface area (Å²) >= 11 is 0. The summed E-state index contributed by atoms with van der Waals surface area (Å²) < 4.78 is 16.6. The lowest BCUT2D eigenvalue weighted by molar-refractivity contribution is -0.672. The molecule has 1 unspecified atom stereocenters. The van der Waals surface area contributed by atoms with E-state index in [2.05, 4.69) is 4.52 Å². The smallest absolute Gasteiger partial charge is 0.265 e. The van der Waals surface area contributed by atoms with E-state index in [1.807, 2.05) is 47.2 Å². The molecule has 0 bridgehead atoms. The Morgan fingerprint density at radius 3 is 2.76 bits per heavy atom. The first-order valence-electron chi connectivity index (χ1n) is 5.12. The molecule has 1 aromatic heterocycles. The third-order valence-corrected chi connectivity index (χ3v) is 2.88. The molecule has 90 valence electrons. The summed E-state index contributed by atoms with van der Waals surface area (Å²) in [6, 6.07) is 11.6. The highest BCUT2D eigenvalue weighted by atomic mass is 31.2. The van der Waals surface area contributed by atoms with Gasteiger partial charge in [-0.15, -0.1) is 0 Å². The minimum atomic E-state index is -4.63. The lowest BCUT2D eigenvalue weighted by atomic mass is 10.2. The number of phosphoric ester groups is 1. The zero-order valence-corrected chi connectivity index (χ0v) is 9.92. The van der Waals surface area contributed by atoms with Crippen LogP contribution < -0.4 is 9.46 Å². The summed E-state index contributed by atoms with van der Waals surface area (Å²) in [7, 11) is -4.63. The van der Waals surface area contributed by atoms with Gasteiger partial charge in [0.25, 0.3) is 7.82 Å². The van der Waals surface area contributed by atoms with Crippen molar-refractivity contribution in [3.8, 4) is 0 Å². The Morgan fingerprint density at radius 2 is 2.00 bits per heavy atom. The van der Waals surface area contributed by atoms with Crippen LogP contribution in [0.4, 0.5) is 0 Å². The fraction of sp³-hybridized carbons (Fsp3) is 0.182. The van der Waals surface area contributed by atoms with Crippen molar-refractivity contribution < 1.29 is 23.4 Å². The molecular formula is C11H12NO4P. The average molecular weight is 253 g/mol. The van der Waals surface area contributed by atoms with Crippen LogP contribution in [0.3, 0.4) is 0 Å². The summed E-state index contributed by atoms with van der Waals surface area (Å²) in [5.41, 5.74) is 0.984. The second kappa shape index (κ2) is 4.94. The second-order valence-corrected chi connectivity index (χ2v) is 4.76. The number of para-hydroxylation sites is 1. The lowest BCUT2D eigenvalue weighted by Crippen LogP contribution is -2.36. The molecule has 17 heavy (non-hydrogen) atoms. The van der Waals surface area contributed by atoms with E-state index in [1.165, 1.54) is 0 Å². The first kappa shape index (κ1) is 12.2. The zero-order chi connectivity index (χ0) is 12.3. The summed E-state index contributed by atoms with van der Waals surface area (Å²) in [6.45, 7) is 0.268. The predicted octanol–water partition coefficient (Wildman–Crippen LogP) is 0.605. The number of aromatic nitrogens is 1. The number of rotatable bonds is 4. The maximum Gasteiger partial charge on any atom is 0.265 e. The van der Waals surface area contributed by atoms with E-state index in [9.17, 15) is 9.46 Å². The number of nitrogens with zero attached hydrogens (tertiary/aromatic N) is 1. The second-order valence-electron chi connectivity index (χ2n) is 3.56. The molecule has 0 radical (unpaired) electrons. The maximum atomic E-state index is 10.4. The molecule has 1 heterocycles. The van der Waals surface area contributed by atoms with Crippen LogP contribution in [0.1, 0.15) is 0 Å². The van der Waals surface area contributed by atoms with Crippen LogP contribution in [-0.2, 0) is 15.6 Å². The molecule has 1 N–H and O–H groups in total. The summed E-state index contributed by atoms with van der Waals surface area (Å²) in [6.07, 6.45) is 1.83. The van der Waals surface area contributed by atoms with Gasteiger partial charge in [0.05, 0.1) is 0 Å². The van der Waals surface area contributed by atoms with Crippen molar-refractivity contribution in [2.45, 2.75) is 6.54 Å². The summed E-state index contributed by atoms with van der Waals surface area (Å²) in [5, 5.41) is 1.06. The van der Waals surface area contributed by atoms with E-state index >= 15 is 0 Å². The molecular weight excluding hydrogens is 241 g/mol. The molecule has 1 aromatic carbocycles. The molecule has 0 amide bonds. The van der Waals surface area contributed by atoms with Gasteiger partial charge in [-0.3, -0.25) is 4.57 Å². The Hall–Kier alpha value is -1.26. The molecule has 0 aliphatic rings. The van der Waals surface area contributed by atoms with Gasteiger partial charge in [-0.05, 0) is 12.1 Å². The van der Waals surface area contributed by atoms with Crippen molar-refractivity contribution in [3.63, 3.8) is 0 Å². The molecule has 1 atom stereocenters. The van der Waals surface area contributed by atoms with Gasteiger partial charge in [-0.25, -0.2) is 0 Å². The van der Waals surface area contributed by atoms with Gasteiger partial charge >= 0.3 is 0 Å².